The van der Waals surface area contributed by atoms with Gasteiger partial charge in [-0.25, -0.2) is 0 Å². The molecule has 0 heterocycles. The maximum atomic E-state index is 12.1. The molecule has 0 aliphatic carbocycles. The van der Waals surface area contributed by atoms with E-state index in [0.717, 1.165) is 23.3 Å². The summed E-state index contributed by atoms with van der Waals surface area (Å²) in [6, 6.07) is 5.72. The lowest BCUT2D eigenvalue weighted by atomic mass is 10.2. The van der Waals surface area contributed by atoms with Crippen LogP contribution in [-0.4, -0.2) is 9.46 Å². The summed E-state index contributed by atoms with van der Waals surface area (Å²) in [5.41, 5.74) is 7.62. The first-order chi connectivity index (χ1) is 7.06. The molecule has 0 saturated carbocycles. The molecule has 0 aromatic heterocycles. The summed E-state index contributed by atoms with van der Waals surface area (Å²) in [6.07, 6.45) is 2.03. The number of nitrogen functional groups attached to an aromatic ring is 1. The molecule has 0 spiro atoms. The van der Waals surface area contributed by atoms with E-state index in [4.69, 9.17) is 5.73 Å². The fourth-order valence-electron chi connectivity index (χ4n) is 1.58. The Morgan fingerprint density at radius 1 is 1.47 bits per heavy atom. The summed E-state index contributed by atoms with van der Waals surface area (Å²) in [5.74, 6) is 0. The minimum atomic E-state index is -0.973. The average molecular weight is 225 g/mol. The van der Waals surface area contributed by atoms with E-state index in [1.807, 2.05) is 32.0 Å². The molecule has 1 rings (SSSR count). The van der Waals surface area contributed by atoms with Crippen molar-refractivity contribution in [1.29, 1.82) is 0 Å². The highest BCUT2D eigenvalue weighted by Gasteiger charge is 2.14. The van der Waals surface area contributed by atoms with Gasteiger partial charge in [0.05, 0.1) is 15.7 Å². The minimum Gasteiger partial charge on any atom is -0.398 e. The lowest BCUT2D eigenvalue weighted by molar-refractivity contribution is 0.662. The van der Waals surface area contributed by atoms with Gasteiger partial charge in [0, 0.05) is 10.9 Å². The first-order valence-electron chi connectivity index (χ1n) is 5.33. The van der Waals surface area contributed by atoms with Crippen LogP contribution in [0.25, 0.3) is 0 Å². The van der Waals surface area contributed by atoms with Crippen LogP contribution in [-0.2, 0) is 10.8 Å². The zero-order valence-electron chi connectivity index (χ0n) is 9.62. The van der Waals surface area contributed by atoms with E-state index < -0.39 is 10.8 Å². The summed E-state index contributed by atoms with van der Waals surface area (Å²) in [6.45, 7) is 6.10. The minimum absolute atomic E-state index is 0.181. The molecule has 2 atom stereocenters. The van der Waals surface area contributed by atoms with Crippen LogP contribution in [0.5, 0.6) is 0 Å². The van der Waals surface area contributed by atoms with E-state index in [1.165, 1.54) is 0 Å². The van der Waals surface area contributed by atoms with E-state index in [0.29, 0.717) is 5.69 Å². The third-order valence-corrected chi connectivity index (χ3v) is 4.21. The Labute approximate surface area is 94.3 Å². The molecule has 0 bridgehead atoms. The van der Waals surface area contributed by atoms with Gasteiger partial charge >= 0.3 is 0 Å². The van der Waals surface area contributed by atoms with Gasteiger partial charge in [0.25, 0.3) is 0 Å². The highest BCUT2D eigenvalue weighted by Crippen LogP contribution is 2.22. The number of rotatable bonds is 4. The number of aryl methyl sites for hydroxylation is 1. The van der Waals surface area contributed by atoms with Gasteiger partial charge in [-0.05, 0) is 31.0 Å². The number of benzene rings is 1. The molecule has 2 N–H and O–H groups in total. The molecule has 84 valence electrons. The molecular weight excluding hydrogens is 206 g/mol. The van der Waals surface area contributed by atoms with Crippen LogP contribution < -0.4 is 5.73 Å². The first-order valence-corrected chi connectivity index (χ1v) is 6.54. The van der Waals surface area contributed by atoms with E-state index in [1.54, 1.807) is 0 Å². The van der Waals surface area contributed by atoms with Crippen LogP contribution in [0, 0.1) is 6.92 Å². The number of nitrogens with two attached hydrogens (primary N) is 1. The van der Waals surface area contributed by atoms with Crippen molar-refractivity contribution in [3.63, 3.8) is 0 Å². The Balaban J connectivity index is 2.91. The van der Waals surface area contributed by atoms with Crippen LogP contribution in [0.4, 0.5) is 5.69 Å². The smallest absolute Gasteiger partial charge is 0.0620 e. The maximum Gasteiger partial charge on any atom is 0.0620 e. The molecule has 0 fully saturated rings. The monoisotopic (exact) mass is 225 g/mol. The van der Waals surface area contributed by atoms with Gasteiger partial charge in [-0.1, -0.05) is 26.3 Å². The van der Waals surface area contributed by atoms with Crippen molar-refractivity contribution in [2.45, 2.75) is 43.8 Å². The molecule has 0 amide bonds. The molecule has 2 unspecified atom stereocenters. The molecule has 1 aromatic rings. The molecule has 0 radical (unpaired) electrons. The first kappa shape index (κ1) is 12.2. The average Bonchev–Trinajstić information content (AvgIpc) is 2.17. The highest BCUT2D eigenvalue weighted by atomic mass is 32.2. The van der Waals surface area contributed by atoms with Gasteiger partial charge < -0.3 is 5.73 Å². The predicted molar refractivity (Wildman–Crippen MR) is 66.4 cm³/mol. The second kappa shape index (κ2) is 5.31. The van der Waals surface area contributed by atoms with Gasteiger partial charge in [-0.2, -0.15) is 0 Å². The van der Waals surface area contributed by atoms with Crippen molar-refractivity contribution >= 4 is 16.5 Å². The van der Waals surface area contributed by atoms with Crippen molar-refractivity contribution in [2.24, 2.45) is 0 Å². The standard InChI is InChI=1S/C12H19NOS/c1-4-5-10(3)15(14)12-7-6-9(2)8-11(12)13/h6-8,10H,4-5,13H2,1-3H3. The molecule has 15 heavy (non-hydrogen) atoms. The molecule has 3 heteroatoms. The molecule has 0 aliphatic heterocycles. The quantitative estimate of drug-likeness (QED) is 0.801. The zero-order chi connectivity index (χ0) is 11.4. The molecule has 2 nitrogen and oxygen atoms in total. The Morgan fingerprint density at radius 3 is 2.67 bits per heavy atom. The lowest BCUT2D eigenvalue weighted by Gasteiger charge is -2.12. The van der Waals surface area contributed by atoms with Gasteiger partial charge in [-0.15, -0.1) is 0 Å². The van der Waals surface area contributed by atoms with Crippen LogP contribution >= 0.6 is 0 Å². The van der Waals surface area contributed by atoms with Crippen molar-refractivity contribution in [2.75, 3.05) is 5.73 Å². The Hall–Kier alpha value is -0.830. The van der Waals surface area contributed by atoms with Crippen molar-refractivity contribution < 1.29 is 4.21 Å². The number of hydrogen-bond donors (Lipinski definition) is 1. The van der Waals surface area contributed by atoms with Crippen LogP contribution in [0.3, 0.4) is 0 Å². The van der Waals surface area contributed by atoms with Crippen LogP contribution in [0.15, 0.2) is 23.1 Å². The predicted octanol–water partition coefficient (Wildman–Crippen LogP) is 2.87. The van der Waals surface area contributed by atoms with Gasteiger partial charge in [0.1, 0.15) is 0 Å². The Bertz CT molecular complexity index is 363. The summed E-state index contributed by atoms with van der Waals surface area (Å²) < 4.78 is 12.1. The van der Waals surface area contributed by atoms with Gasteiger partial charge in [-0.3, -0.25) is 4.21 Å². The number of hydrogen-bond acceptors (Lipinski definition) is 2. The molecule has 0 saturated heterocycles. The summed E-state index contributed by atoms with van der Waals surface area (Å²) in [7, 11) is -0.973. The highest BCUT2D eigenvalue weighted by molar-refractivity contribution is 7.85. The Morgan fingerprint density at radius 2 is 2.13 bits per heavy atom. The van der Waals surface area contributed by atoms with E-state index in [-0.39, 0.29) is 5.25 Å². The second-order valence-corrected chi connectivity index (χ2v) is 5.78. The third-order valence-electron chi connectivity index (χ3n) is 2.44. The molecule has 1 aromatic carbocycles. The Kier molecular flexibility index (Phi) is 4.33. The zero-order valence-corrected chi connectivity index (χ0v) is 10.4. The van der Waals surface area contributed by atoms with Crippen molar-refractivity contribution in [3.05, 3.63) is 23.8 Å². The molecule has 0 aliphatic rings. The normalized spacial score (nSPS) is 14.9. The van der Waals surface area contributed by atoms with Crippen molar-refractivity contribution in [3.8, 4) is 0 Å². The SMILES string of the molecule is CCCC(C)S(=O)c1ccc(C)cc1N. The fraction of sp³-hybridized carbons (Fsp3) is 0.500. The van der Waals surface area contributed by atoms with E-state index in [2.05, 4.69) is 6.92 Å². The molecular formula is C12H19NOS. The van der Waals surface area contributed by atoms with Crippen molar-refractivity contribution in [1.82, 2.24) is 0 Å². The van der Waals surface area contributed by atoms with Crippen LogP contribution in [0.1, 0.15) is 32.3 Å². The summed E-state index contributed by atoms with van der Waals surface area (Å²) in [5, 5.41) is 0.181. The summed E-state index contributed by atoms with van der Waals surface area (Å²) in [4.78, 5) is 0.779. The number of anilines is 1. The topological polar surface area (TPSA) is 43.1 Å². The largest absolute Gasteiger partial charge is 0.398 e. The third kappa shape index (κ3) is 3.06. The summed E-state index contributed by atoms with van der Waals surface area (Å²) >= 11 is 0. The maximum absolute atomic E-state index is 12.1. The van der Waals surface area contributed by atoms with Gasteiger partial charge in [0.2, 0.25) is 0 Å². The lowest BCUT2D eigenvalue weighted by Crippen LogP contribution is -2.12. The van der Waals surface area contributed by atoms with Crippen LogP contribution in [0.2, 0.25) is 0 Å². The van der Waals surface area contributed by atoms with Gasteiger partial charge in [0.15, 0.2) is 0 Å². The fourth-order valence-corrected chi connectivity index (χ4v) is 2.96. The van der Waals surface area contributed by atoms with E-state index in [9.17, 15) is 4.21 Å². The second-order valence-electron chi connectivity index (χ2n) is 3.94. The van der Waals surface area contributed by atoms with E-state index >= 15 is 0 Å².